The van der Waals surface area contributed by atoms with Crippen molar-refractivity contribution >= 4 is 22.1 Å². The lowest BCUT2D eigenvalue weighted by Gasteiger charge is -2.32. The van der Waals surface area contributed by atoms with Crippen LogP contribution in [-0.4, -0.2) is 67.5 Å². The van der Waals surface area contributed by atoms with E-state index in [1.807, 2.05) is 4.90 Å². The number of carbonyl (C=O) groups is 1. The average molecular weight is 358 g/mol. The molecule has 1 aliphatic heterocycles. The molecule has 1 fully saturated rings. The van der Waals surface area contributed by atoms with Crippen molar-refractivity contribution in [3.63, 3.8) is 0 Å². The monoisotopic (exact) mass is 358 g/mol. The lowest BCUT2D eigenvalue weighted by Crippen LogP contribution is -2.42. The zero-order valence-electron chi connectivity index (χ0n) is 13.6. The molecule has 3 N–H and O–H groups in total. The smallest absolute Gasteiger partial charge is 0.278 e. The Kier molecular flexibility index (Phi) is 6.04. The molecule has 0 unspecified atom stereocenters. The van der Waals surface area contributed by atoms with Crippen molar-refractivity contribution in [1.29, 1.82) is 0 Å². The number of nitrogens with one attached hydrogen (secondary N) is 2. The molecule has 1 aliphatic rings. The molecule has 0 saturated carbocycles. The third kappa shape index (κ3) is 4.60. The predicted molar refractivity (Wildman–Crippen MR) is 86.8 cm³/mol. The Bertz CT molecular complexity index is 656. The highest BCUT2D eigenvalue weighted by atomic mass is 32.2. The van der Waals surface area contributed by atoms with Crippen molar-refractivity contribution in [1.82, 2.24) is 24.5 Å². The van der Waals surface area contributed by atoms with Crippen LogP contribution in [0, 0.1) is 5.92 Å². The fourth-order valence-corrected chi connectivity index (χ4v) is 3.06. The first-order valence-electron chi connectivity index (χ1n) is 7.52. The standard InChI is InChI=1S/C13H22N6O4S/c1-18(2)24(22,23)16-7-10-3-5-19(6-4-10)13-14-8-11(9-15-13)12(20)17-21/h8-10,16,21H,3-7H2,1-2H3,(H,17,20). The van der Waals surface area contributed by atoms with Crippen LogP contribution in [0.5, 0.6) is 0 Å². The van der Waals surface area contributed by atoms with Gasteiger partial charge in [0.2, 0.25) is 5.95 Å². The Hall–Kier alpha value is -1.82. The number of anilines is 1. The number of hydrogen-bond donors (Lipinski definition) is 3. The number of amides is 1. The summed E-state index contributed by atoms with van der Waals surface area (Å²) in [5, 5.41) is 8.56. The Labute approximate surface area is 141 Å². The molecular formula is C13H22N6O4S. The van der Waals surface area contributed by atoms with Crippen LogP contribution in [0.4, 0.5) is 5.95 Å². The van der Waals surface area contributed by atoms with Gasteiger partial charge in [0.15, 0.2) is 0 Å². The molecule has 10 nitrogen and oxygen atoms in total. The first kappa shape index (κ1) is 18.5. The van der Waals surface area contributed by atoms with E-state index in [-0.39, 0.29) is 11.5 Å². The highest BCUT2D eigenvalue weighted by Crippen LogP contribution is 2.20. The van der Waals surface area contributed by atoms with E-state index in [1.165, 1.54) is 32.0 Å². The van der Waals surface area contributed by atoms with Gasteiger partial charge in [0.05, 0.1) is 5.56 Å². The lowest BCUT2D eigenvalue weighted by molar-refractivity contribution is 0.0705. The summed E-state index contributed by atoms with van der Waals surface area (Å²) in [6.45, 7) is 1.82. The topological polar surface area (TPSA) is 128 Å². The van der Waals surface area contributed by atoms with Gasteiger partial charge in [-0.2, -0.15) is 12.7 Å². The summed E-state index contributed by atoms with van der Waals surface area (Å²) in [5.74, 6) is 0.112. The molecule has 11 heteroatoms. The third-order valence-electron chi connectivity index (χ3n) is 3.93. The van der Waals surface area contributed by atoms with Gasteiger partial charge < -0.3 is 4.90 Å². The van der Waals surface area contributed by atoms with E-state index in [9.17, 15) is 13.2 Å². The van der Waals surface area contributed by atoms with E-state index in [0.29, 0.717) is 25.6 Å². The molecule has 0 spiro atoms. The van der Waals surface area contributed by atoms with Gasteiger partial charge in [-0.1, -0.05) is 0 Å². The molecule has 24 heavy (non-hydrogen) atoms. The number of hydroxylamine groups is 1. The molecule has 134 valence electrons. The molecular weight excluding hydrogens is 336 g/mol. The van der Waals surface area contributed by atoms with Gasteiger partial charge in [-0.15, -0.1) is 0 Å². The molecule has 0 atom stereocenters. The minimum absolute atomic E-state index is 0.175. The molecule has 1 saturated heterocycles. The molecule has 0 aromatic carbocycles. The Morgan fingerprint density at radius 3 is 2.42 bits per heavy atom. The molecule has 0 bridgehead atoms. The average Bonchev–Trinajstić information content (AvgIpc) is 2.60. The van der Waals surface area contributed by atoms with Crippen LogP contribution in [0.25, 0.3) is 0 Å². The number of nitrogens with zero attached hydrogens (tertiary/aromatic N) is 4. The van der Waals surface area contributed by atoms with Crippen molar-refractivity contribution in [2.75, 3.05) is 38.6 Å². The summed E-state index contributed by atoms with van der Waals surface area (Å²) >= 11 is 0. The number of piperidine rings is 1. The summed E-state index contributed by atoms with van der Waals surface area (Å²) in [5.41, 5.74) is 1.70. The molecule has 0 radical (unpaired) electrons. The Balaban J connectivity index is 1.85. The second-order valence-corrected chi connectivity index (χ2v) is 7.75. The largest absolute Gasteiger partial charge is 0.341 e. The van der Waals surface area contributed by atoms with Gasteiger partial charge in [-0.25, -0.2) is 20.2 Å². The predicted octanol–water partition coefficient (Wildman–Crippen LogP) is -0.792. The fourth-order valence-electron chi connectivity index (χ4n) is 2.36. The van der Waals surface area contributed by atoms with E-state index in [4.69, 9.17) is 5.21 Å². The van der Waals surface area contributed by atoms with Crippen LogP contribution in [0.2, 0.25) is 0 Å². The normalized spacial score (nSPS) is 16.4. The first-order chi connectivity index (χ1) is 11.3. The quantitative estimate of drug-likeness (QED) is 0.449. The summed E-state index contributed by atoms with van der Waals surface area (Å²) in [6.07, 6.45) is 4.34. The van der Waals surface area contributed by atoms with E-state index >= 15 is 0 Å². The van der Waals surface area contributed by atoms with Crippen molar-refractivity contribution in [2.45, 2.75) is 12.8 Å². The SMILES string of the molecule is CN(C)S(=O)(=O)NCC1CCN(c2ncc(C(=O)NO)cn2)CC1. The number of rotatable bonds is 6. The van der Waals surface area contributed by atoms with E-state index in [0.717, 1.165) is 17.1 Å². The second kappa shape index (κ2) is 7.83. The van der Waals surface area contributed by atoms with Gasteiger partial charge in [0.1, 0.15) is 0 Å². The van der Waals surface area contributed by atoms with E-state index in [2.05, 4.69) is 14.7 Å². The molecule has 1 aromatic heterocycles. The summed E-state index contributed by atoms with van der Waals surface area (Å²) in [6, 6.07) is 0. The highest BCUT2D eigenvalue weighted by molar-refractivity contribution is 7.87. The highest BCUT2D eigenvalue weighted by Gasteiger charge is 2.23. The molecule has 0 aliphatic carbocycles. The number of aromatic nitrogens is 2. The van der Waals surface area contributed by atoms with E-state index in [1.54, 1.807) is 0 Å². The summed E-state index contributed by atoms with van der Waals surface area (Å²) in [7, 11) is -0.414. The lowest BCUT2D eigenvalue weighted by atomic mass is 9.97. The van der Waals surface area contributed by atoms with Gasteiger partial charge in [0.25, 0.3) is 16.1 Å². The van der Waals surface area contributed by atoms with Crippen LogP contribution < -0.4 is 15.1 Å². The second-order valence-electron chi connectivity index (χ2n) is 5.78. The van der Waals surface area contributed by atoms with Crippen molar-refractivity contribution in [3.8, 4) is 0 Å². The maximum Gasteiger partial charge on any atom is 0.278 e. The Morgan fingerprint density at radius 1 is 1.33 bits per heavy atom. The zero-order chi connectivity index (χ0) is 17.7. The summed E-state index contributed by atoms with van der Waals surface area (Å²) < 4.78 is 27.2. The van der Waals surface area contributed by atoms with Crippen molar-refractivity contribution in [2.24, 2.45) is 5.92 Å². The minimum Gasteiger partial charge on any atom is -0.341 e. The molecule has 1 amide bonds. The molecule has 2 rings (SSSR count). The van der Waals surface area contributed by atoms with Crippen LogP contribution in [0.3, 0.4) is 0 Å². The molecule has 2 heterocycles. The van der Waals surface area contributed by atoms with E-state index < -0.39 is 16.1 Å². The van der Waals surface area contributed by atoms with Crippen LogP contribution >= 0.6 is 0 Å². The maximum absolute atomic E-state index is 11.7. The van der Waals surface area contributed by atoms with Gasteiger partial charge in [0, 0.05) is 46.1 Å². The van der Waals surface area contributed by atoms with Gasteiger partial charge >= 0.3 is 0 Å². The third-order valence-corrected chi connectivity index (χ3v) is 5.43. The molecule has 1 aromatic rings. The maximum atomic E-state index is 11.7. The van der Waals surface area contributed by atoms with Crippen LogP contribution in [0.1, 0.15) is 23.2 Å². The van der Waals surface area contributed by atoms with Crippen molar-refractivity contribution in [3.05, 3.63) is 18.0 Å². The Morgan fingerprint density at radius 2 is 1.92 bits per heavy atom. The fraction of sp³-hybridized carbons (Fsp3) is 0.615. The number of carbonyl (C=O) groups excluding carboxylic acids is 1. The van der Waals surface area contributed by atoms with Gasteiger partial charge in [-0.3, -0.25) is 10.0 Å². The first-order valence-corrected chi connectivity index (χ1v) is 8.96. The van der Waals surface area contributed by atoms with Crippen molar-refractivity contribution < 1.29 is 18.4 Å². The van der Waals surface area contributed by atoms with Gasteiger partial charge in [-0.05, 0) is 18.8 Å². The van der Waals surface area contributed by atoms with Crippen LogP contribution in [0.15, 0.2) is 12.4 Å². The zero-order valence-corrected chi connectivity index (χ0v) is 14.5. The number of hydrogen-bond acceptors (Lipinski definition) is 7. The van der Waals surface area contributed by atoms with Crippen LogP contribution in [-0.2, 0) is 10.2 Å². The summed E-state index contributed by atoms with van der Waals surface area (Å²) in [4.78, 5) is 21.5. The minimum atomic E-state index is -3.39.